The third kappa shape index (κ3) is 3.61. The molecule has 14 heavy (non-hydrogen) atoms. The Balaban J connectivity index is 2.20. The van der Waals surface area contributed by atoms with Crippen LogP contribution >= 0.6 is 0 Å². The van der Waals surface area contributed by atoms with Gasteiger partial charge in [0.2, 0.25) is 0 Å². The van der Waals surface area contributed by atoms with E-state index in [1.165, 1.54) is 0 Å². The van der Waals surface area contributed by atoms with Gasteiger partial charge in [-0.25, -0.2) is 0 Å². The summed E-state index contributed by atoms with van der Waals surface area (Å²) in [6.45, 7) is 5.84. The molecule has 4 N–H and O–H groups in total. The molecule has 5 heteroatoms. The van der Waals surface area contributed by atoms with Crippen LogP contribution in [0.4, 0.5) is 0 Å². The molecule has 0 amide bonds. The number of nitrogens with zero attached hydrogens (tertiary/aromatic N) is 1. The van der Waals surface area contributed by atoms with Gasteiger partial charge in [0, 0.05) is 32.2 Å². The average Bonchev–Trinajstić information content (AvgIpc) is 2.14. The highest BCUT2D eigenvalue weighted by Crippen LogP contribution is 2.00. The topological polar surface area (TPSA) is 78.6 Å². The van der Waals surface area contributed by atoms with Gasteiger partial charge >= 0.3 is 5.97 Å². The second-order valence-corrected chi connectivity index (χ2v) is 3.89. The van der Waals surface area contributed by atoms with Crippen molar-refractivity contribution < 1.29 is 9.90 Å². The summed E-state index contributed by atoms with van der Waals surface area (Å²) in [7, 11) is 0. The Morgan fingerprint density at radius 1 is 1.79 bits per heavy atom. The summed E-state index contributed by atoms with van der Waals surface area (Å²) in [6.07, 6.45) is 0.530. The Hall–Kier alpha value is -0.650. The van der Waals surface area contributed by atoms with Gasteiger partial charge in [0.25, 0.3) is 0 Å². The fourth-order valence-corrected chi connectivity index (χ4v) is 1.66. The molecule has 1 saturated heterocycles. The minimum atomic E-state index is -0.909. The highest BCUT2D eigenvalue weighted by molar-refractivity contribution is 5.72. The zero-order chi connectivity index (χ0) is 10.6. The predicted molar refractivity (Wildman–Crippen MR) is 54.1 cm³/mol. The lowest BCUT2D eigenvalue weighted by atomic mass is 10.2. The molecule has 0 aromatic rings. The number of nitrogens with one attached hydrogen (secondary N) is 1. The van der Waals surface area contributed by atoms with Crippen LogP contribution in [0.3, 0.4) is 0 Å². The van der Waals surface area contributed by atoms with Gasteiger partial charge in [-0.15, -0.1) is 0 Å². The predicted octanol–water partition coefficient (Wildman–Crippen LogP) is -0.918. The molecule has 2 unspecified atom stereocenters. The van der Waals surface area contributed by atoms with Crippen molar-refractivity contribution in [2.24, 2.45) is 5.73 Å². The molecule has 2 atom stereocenters. The van der Waals surface area contributed by atoms with Gasteiger partial charge in [-0.05, 0) is 13.3 Å². The summed E-state index contributed by atoms with van der Waals surface area (Å²) in [5, 5.41) is 11.9. The van der Waals surface area contributed by atoms with Crippen LogP contribution < -0.4 is 11.1 Å². The van der Waals surface area contributed by atoms with Crippen LogP contribution in [0.2, 0.25) is 0 Å². The third-order valence-electron chi connectivity index (χ3n) is 2.53. The molecule has 0 aliphatic carbocycles. The molecule has 82 valence electrons. The van der Waals surface area contributed by atoms with Crippen molar-refractivity contribution in [3.63, 3.8) is 0 Å². The lowest BCUT2D eigenvalue weighted by Crippen LogP contribution is -2.50. The summed E-state index contributed by atoms with van der Waals surface area (Å²) in [5.74, 6) is -0.909. The first-order chi connectivity index (χ1) is 6.59. The zero-order valence-electron chi connectivity index (χ0n) is 8.57. The van der Waals surface area contributed by atoms with Crippen molar-refractivity contribution in [3.05, 3.63) is 0 Å². The van der Waals surface area contributed by atoms with Crippen molar-refractivity contribution in [2.75, 3.05) is 26.2 Å². The molecular weight excluding hydrogens is 182 g/mol. The summed E-state index contributed by atoms with van der Waals surface area (Å²) in [6, 6.07) is -0.231. The number of carboxylic acid groups (broad SMARTS) is 1. The fourth-order valence-electron chi connectivity index (χ4n) is 1.66. The SMILES string of the molecule is CC1CN(CCC(N)C(=O)O)CCN1. The van der Waals surface area contributed by atoms with Crippen molar-refractivity contribution in [3.8, 4) is 0 Å². The largest absolute Gasteiger partial charge is 0.480 e. The van der Waals surface area contributed by atoms with Gasteiger partial charge in [0.05, 0.1) is 0 Å². The molecule has 1 aliphatic heterocycles. The molecule has 1 rings (SSSR count). The maximum atomic E-state index is 10.5. The molecule has 1 aliphatic rings. The minimum absolute atomic E-state index is 0.491. The summed E-state index contributed by atoms with van der Waals surface area (Å²) >= 11 is 0. The van der Waals surface area contributed by atoms with Crippen LogP contribution in [-0.4, -0.2) is 54.2 Å². The van der Waals surface area contributed by atoms with Gasteiger partial charge < -0.3 is 21.1 Å². The van der Waals surface area contributed by atoms with Gasteiger partial charge in [-0.3, -0.25) is 4.79 Å². The molecule has 0 aromatic heterocycles. The average molecular weight is 201 g/mol. The third-order valence-corrected chi connectivity index (χ3v) is 2.53. The maximum absolute atomic E-state index is 10.5. The molecule has 1 heterocycles. The van der Waals surface area contributed by atoms with Gasteiger partial charge in [-0.2, -0.15) is 0 Å². The number of hydrogen-bond donors (Lipinski definition) is 3. The summed E-state index contributed by atoms with van der Waals surface area (Å²) in [4.78, 5) is 12.7. The van der Waals surface area contributed by atoms with Gasteiger partial charge in [0.15, 0.2) is 0 Å². The Morgan fingerprint density at radius 2 is 2.50 bits per heavy atom. The van der Waals surface area contributed by atoms with Crippen LogP contribution in [0.5, 0.6) is 0 Å². The lowest BCUT2D eigenvalue weighted by molar-refractivity contribution is -0.138. The van der Waals surface area contributed by atoms with E-state index in [0.29, 0.717) is 12.5 Å². The maximum Gasteiger partial charge on any atom is 0.320 e. The summed E-state index contributed by atoms with van der Waals surface area (Å²) in [5.41, 5.74) is 5.43. The van der Waals surface area contributed by atoms with E-state index in [9.17, 15) is 4.79 Å². The zero-order valence-corrected chi connectivity index (χ0v) is 8.57. The molecule has 0 aromatic carbocycles. The van der Waals surface area contributed by atoms with Crippen LogP contribution in [0.25, 0.3) is 0 Å². The first kappa shape index (κ1) is 11.4. The van der Waals surface area contributed by atoms with Crippen molar-refractivity contribution in [1.82, 2.24) is 10.2 Å². The number of carboxylic acids is 1. The highest BCUT2D eigenvalue weighted by atomic mass is 16.4. The van der Waals surface area contributed by atoms with E-state index in [1.807, 2.05) is 0 Å². The Morgan fingerprint density at radius 3 is 3.07 bits per heavy atom. The molecule has 0 radical (unpaired) electrons. The van der Waals surface area contributed by atoms with Gasteiger partial charge in [0.1, 0.15) is 6.04 Å². The van der Waals surface area contributed by atoms with E-state index in [2.05, 4.69) is 17.1 Å². The highest BCUT2D eigenvalue weighted by Gasteiger charge is 2.17. The monoisotopic (exact) mass is 201 g/mol. The summed E-state index contributed by atoms with van der Waals surface area (Å²) < 4.78 is 0. The van der Waals surface area contributed by atoms with E-state index in [1.54, 1.807) is 0 Å². The minimum Gasteiger partial charge on any atom is -0.480 e. The Kier molecular flexibility index (Phi) is 4.31. The Bertz CT molecular complexity index is 198. The smallest absolute Gasteiger partial charge is 0.320 e. The molecule has 1 fully saturated rings. The van der Waals surface area contributed by atoms with E-state index < -0.39 is 12.0 Å². The van der Waals surface area contributed by atoms with Crippen molar-refractivity contribution in [1.29, 1.82) is 0 Å². The van der Waals surface area contributed by atoms with Crippen LogP contribution in [0.1, 0.15) is 13.3 Å². The number of piperazine rings is 1. The first-order valence-corrected chi connectivity index (χ1v) is 5.03. The second kappa shape index (κ2) is 5.29. The Labute approximate surface area is 84.3 Å². The quantitative estimate of drug-likeness (QED) is 0.548. The molecule has 5 nitrogen and oxygen atoms in total. The van der Waals surface area contributed by atoms with E-state index in [4.69, 9.17) is 10.8 Å². The standard InChI is InChI=1S/C9H19N3O2/c1-7-6-12(5-3-11-7)4-2-8(10)9(13)14/h7-8,11H,2-6,10H2,1H3,(H,13,14). The normalized spacial score (nSPS) is 26.0. The number of hydrogen-bond acceptors (Lipinski definition) is 4. The first-order valence-electron chi connectivity index (χ1n) is 5.03. The van der Waals surface area contributed by atoms with Crippen molar-refractivity contribution in [2.45, 2.75) is 25.4 Å². The molecule has 0 spiro atoms. The van der Waals surface area contributed by atoms with Crippen LogP contribution in [0, 0.1) is 0 Å². The number of nitrogens with two attached hydrogens (primary N) is 1. The van der Waals surface area contributed by atoms with E-state index in [-0.39, 0.29) is 0 Å². The molecule has 0 bridgehead atoms. The van der Waals surface area contributed by atoms with E-state index in [0.717, 1.165) is 26.2 Å². The molecule has 0 saturated carbocycles. The number of carbonyl (C=O) groups is 1. The molecular formula is C9H19N3O2. The number of rotatable bonds is 4. The van der Waals surface area contributed by atoms with Crippen molar-refractivity contribution >= 4 is 5.97 Å². The fraction of sp³-hybridized carbons (Fsp3) is 0.889. The van der Waals surface area contributed by atoms with Crippen LogP contribution in [-0.2, 0) is 4.79 Å². The van der Waals surface area contributed by atoms with Crippen LogP contribution in [0.15, 0.2) is 0 Å². The number of aliphatic carboxylic acids is 1. The van der Waals surface area contributed by atoms with E-state index >= 15 is 0 Å². The van der Waals surface area contributed by atoms with Gasteiger partial charge in [-0.1, -0.05) is 0 Å². The second-order valence-electron chi connectivity index (χ2n) is 3.89. The lowest BCUT2D eigenvalue weighted by Gasteiger charge is -2.32.